The molecule has 37 heavy (non-hydrogen) atoms. The molecule has 0 fully saturated rings. The maximum Gasteiger partial charge on any atom is 0.870 e. The molecule has 0 N–H and O–H groups in total. The van der Waals surface area contributed by atoms with Gasteiger partial charge in [-0.15, -0.1) is 0 Å². The van der Waals surface area contributed by atoms with E-state index in [2.05, 4.69) is 20.8 Å². The molecule has 0 radical (unpaired) electrons. The van der Waals surface area contributed by atoms with Gasteiger partial charge in [0.1, 0.15) is 0 Å². The van der Waals surface area contributed by atoms with Crippen LogP contribution in [0, 0.1) is 0 Å². The molecular formula is C30H57BO6. The van der Waals surface area contributed by atoms with Crippen LogP contribution in [0.1, 0.15) is 175 Å². The van der Waals surface area contributed by atoms with Crippen LogP contribution in [0.25, 0.3) is 0 Å². The van der Waals surface area contributed by atoms with Gasteiger partial charge in [0.15, 0.2) is 0 Å². The van der Waals surface area contributed by atoms with Crippen molar-refractivity contribution in [3.63, 3.8) is 0 Å². The lowest BCUT2D eigenvalue weighted by Gasteiger charge is -2.14. The first-order valence-electron chi connectivity index (χ1n) is 15.6. The minimum Gasteiger partial charge on any atom is -0.462 e. The fraction of sp³-hybridized carbons (Fsp3) is 0.900. The largest absolute Gasteiger partial charge is 0.870 e. The lowest BCUT2D eigenvalue weighted by Crippen LogP contribution is -2.34. The first-order valence-corrected chi connectivity index (χ1v) is 15.6. The van der Waals surface area contributed by atoms with Crippen LogP contribution in [-0.2, 0) is 28.3 Å². The number of unbranched alkanes of at least 4 members (excludes halogenated alkanes) is 18. The molecule has 0 rings (SSSR count). The van der Waals surface area contributed by atoms with Gasteiger partial charge >= 0.3 is 7.32 Å². The van der Waals surface area contributed by atoms with Crippen molar-refractivity contribution in [1.29, 1.82) is 0 Å². The van der Waals surface area contributed by atoms with Crippen molar-refractivity contribution in [2.24, 2.45) is 0 Å². The molecule has 0 aliphatic rings. The Hall–Kier alpha value is -1.53. The SMILES string of the molecule is CCCCCCCCCC(=O)OB(OC(=O)CCCCCCCCC)OC(=O)CCCCCCCCC. The van der Waals surface area contributed by atoms with E-state index in [0.717, 1.165) is 57.8 Å². The van der Waals surface area contributed by atoms with E-state index in [1.54, 1.807) is 0 Å². The van der Waals surface area contributed by atoms with Gasteiger partial charge in [-0.3, -0.25) is 14.4 Å². The van der Waals surface area contributed by atoms with Crippen LogP contribution in [-0.4, -0.2) is 25.2 Å². The van der Waals surface area contributed by atoms with E-state index in [4.69, 9.17) is 14.0 Å². The van der Waals surface area contributed by atoms with E-state index in [9.17, 15) is 14.4 Å². The van der Waals surface area contributed by atoms with E-state index in [1.807, 2.05) is 0 Å². The molecule has 0 atom stereocenters. The first kappa shape index (κ1) is 35.5. The lowest BCUT2D eigenvalue weighted by molar-refractivity contribution is -0.148. The molecule has 0 aromatic carbocycles. The number of carbonyl (C=O) groups is 3. The molecule has 0 aliphatic carbocycles. The quantitative estimate of drug-likeness (QED) is 0.0788. The van der Waals surface area contributed by atoms with Gasteiger partial charge in [-0.2, -0.15) is 0 Å². The van der Waals surface area contributed by atoms with Crippen LogP contribution in [0.3, 0.4) is 0 Å². The van der Waals surface area contributed by atoms with Crippen molar-refractivity contribution in [3.8, 4) is 0 Å². The Morgan fingerprint density at radius 1 is 0.378 bits per heavy atom. The third-order valence-electron chi connectivity index (χ3n) is 6.64. The van der Waals surface area contributed by atoms with Crippen LogP contribution in [0.5, 0.6) is 0 Å². The van der Waals surface area contributed by atoms with Gasteiger partial charge < -0.3 is 14.0 Å². The molecule has 6 nitrogen and oxygen atoms in total. The van der Waals surface area contributed by atoms with Gasteiger partial charge in [0.05, 0.1) is 0 Å². The average Bonchev–Trinajstić information content (AvgIpc) is 2.87. The fourth-order valence-corrected chi connectivity index (χ4v) is 4.25. The number of carbonyl (C=O) groups excluding carboxylic acids is 3. The Morgan fingerprint density at radius 2 is 0.595 bits per heavy atom. The highest BCUT2D eigenvalue weighted by Crippen LogP contribution is 2.13. The molecule has 0 aliphatic heterocycles. The summed E-state index contributed by atoms with van der Waals surface area (Å²) in [6.45, 7) is 6.57. The van der Waals surface area contributed by atoms with Crippen molar-refractivity contribution in [3.05, 3.63) is 0 Å². The molecule has 0 heterocycles. The van der Waals surface area contributed by atoms with Gasteiger partial charge in [0, 0.05) is 19.3 Å². The summed E-state index contributed by atoms with van der Waals surface area (Å²) in [6, 6.07) is 0. The minimum atomic E-state index is -1.58. The Morgan fingerprint density at radius 3 is 0.838 bits per heavy atom. The molecule has 0 spiro atoms. The predicted molar refractivity (Wildman–Crippen MR) is 152 cm³/mol. The third kappa shape index (κ3) is 25.9. The topological polar surface area (TPSA) is 78.9 Å². The number of rotatable bonds is 27. The highest BCUT2D eigenvalue weighted by molar-refractivity contribution is 6.44. The van der Waals surface area contributed by atoms with Gasteiger partial charge in [0.25, 0.3) is 17.9 Å². The Labute approximate surface area is 228 Å². The summed E-state index contributed by atoms with van der Waals surface area (Å²) < 4.78 is 15.8. The molecule has 216 valence electrons. The lowest BCUT2D eigenvalue weighted by atomic mass is 10.1. The van der Waals surface area contributed by atoms with E-state index < -0.39 is 25.2 Å². The summed E-state index contributed by atoms with van der Waals surface area (Å²) >= 11 is 0. The predicted octanol–water partition coefficient (Wildman–Crippen LogP) is 9.02. The van der Waals surface area contributed by atoms with Crippen molar-refractivity contribution in [2.45, 2.75) is 175 Å². The van der Waals surface area contributed by atoms with E-state index in [1.165, 1.54) is 77.0 Å². The third-order valence-corrected chi connectivity index (χ3v) is 6.64. The summed E-state index contributed by atoms with van der Waals surface area (Å²) in [5.74, 6) is -1.48. The average molecular weight is 525 g/mol. The Kier molecular flexibility index (Phi) is 26.4. The van der Waals surface area contributed by atoms with Gasteiger partial charge in [-0.25, -0.2) is 0 Å². The number of hydrogen-bond donors (Lipinski definition) is 0. The molecule has 0 aromatic rings. The summed E-state index contributed by atoms with van der Waals surface area (Å²) in [6.07, 6.45) is 23.6. The molecule has 0 unspecified atom stereocenters. The van der Waals surface area contributed by atoms with Crippen molar-refractivity contribution >= 4 is 25.2 Å². The monoisotopic (exact) mass is 524 g/mol. The second kappa shape index (κ2) is 27.5. The van der Waals surface area contributed by atoms with E-state index in [0.29, 0.717) is 0 Å². The van der Waals surface area contributed by atoms with Gasteiger partial charge in [-0.05, 0) is 19.3 Å². The minimum absolute atomic E-state index is 0.231. The molecule has 0 saturated carbocycles. The molecule has 0 bridgehead atoms. The zero-order chi connectivity index (χ0) is 27.4. The highest BCUT2D eigenvalue weighted by atomic mass is 16.8. The zero-order valence-corrected chi connectivity index (χ0v) is 24.5. The Balaban J connectivity index is 4.40. The van der Waals surface area contributed by atoms with Crippen LogP contribution >= 0.6 is 0 Å². The fourth-order valence-electron chi connectivity index (χ4n) is 4.25. The molecule has 0 saturated heterocycles. The molecule has 0 aromatic heterocycles. The summed E-state index contributed by atoms with van der Waals surface area (Å²) in [4.78, 5) is 37.0. The Bertz CT molecular complexity index is 478. The highest BCUT2D eigenvalue weighted by Gasteiger charge is 2.35. The molecule has 7 heteroatoms. The van der Waals surface area contributed by atoms with E-state index >= 15 is 0 Å². The second-order valence-electron chi connectivity index (χ2n) is 10.4. The van der Waals surface area contributed by atoms with Gasteiger partial charge in [0.2, 0.25) is 0 Å². The molecule has 0 amide bonds. The standard InChI is InChI=1S/C30H57BO6/c1-4-7-10-13-16-19-22-25-28(32)35-31(36-29(33)26-23-20-17-14-11-8-5-2)37-30(34)27-24-21-18-15-12-9-6-3/h4-27H2,1-3H3. The summed E-state index contributed by atoms with van der Waals surface area (Å²) in [5.41, 5.74) is 0. The van der Waals surface area contributed by atoms with Crippen LogP contribution in [0.4, 0.5) is 0 Å². The van der Waals surface area contributed by atoms with E-state index in [-0.39, 0.29) is 19.3 Å². The van der Waals surface area contributed by atoms with Gasteiger partial charge in [-0.1, -0.05) is 136 Å². The first-order chi connectivity index (χ1) is 18.0. The van der Waals surface area contributed by atoms with Crippen molar-refractivity contribution in [1.82, 2.24) is 0 Å². The number of hydrogen-bond acceptors (Lipinski definition) is 6. The maximum atomic E-state index is 12.3. The smallest absolute Gasteiger partial charge is 0.462 e. The molecular weight excluding hydrogens is 467 g/mol. The van der Waals surface area contributed by atoms with Crippen LogP contribution in [0.2, 0.25) is 0 Å². The maximum absolute atomic E-state index is 12.3. The van der Waals surface area contributed by atoms with Crippen LogP contribution < -0.4 is 0 Å². The summed E-state index contributed by atoms with van der Waals surface area (Å²) in [7, 11) is -1.58. The summed E-state index contributed by atoms with van der Waals surface area (Å²) in [5, 5.41) is 0. The normalized spacial score (nSPS) is 10.8. The second-order valence-corrected chi connectivity index (χ2v) is 10.4. The zero-order valence-electron chi connectivity index (χ0n) is 24.5. The van der Waals surface area contributed by atoms with Crippen LogP contribution in [0.15, 0.2) is 0 Å². The van der Waals surface area contributed by atoms with Crippen molar-refractivity contribution < 1.29 is 28.3 Å². The van der Waals surface area contributed by atoms with Crippen molar-refractivity contribution in [2.75, 3.05) is 0 Å².